The number of piperidine rings is 1. The highest BCUT2D eigenvalue weighted by Gasteiger charge is 2.20. The fraction of sp³-hybridized carbons (Fsp3) is 0.250. The monoisotopic (exact) mass is 508 g/mol. The number of nitrogens with zero attached hydrogens (tertiary/aromatic N) is 2. The maximum Gasteiger partial charge on any atom is 0.274 e. The fourth-order valence-corrected chi connectivity index (χ4v) is 3.92. The molecule has 2 aromatic carbocycles. The van der Waals surface area contributed by atoms with Crippen molar-refractivity contribution in [3.8, 4) is 11.3 Å². The Bertz CT molecular complexity index is 1150. The predicted molar refractivity (Wildman–Crippen MR) is 131 cm³/mol. The van der Waals surface area contributed by atoms with Crippen molar-refractivity contribution in [2.75, 3.05) is 18.8 Å². The first-order valence-electron chi connectivity index (χ1n) is 10.8. The number of nitrogen functional groups attached to an aromatic ring is 1. The summed E-state index contributed by atoms with van der Waals surface area (Å²) in [5.74, 6) is -0.386. The van der Waals surface area contributed by atoms with E-state index in [2.05, 4.69) is 41.8 Å². The van der Waals surface area contributed by atoms with Crippen molar-refractivity contribution in [2.45, 2.75) is 25.4 Å². The second-order valence-electron chi connectivity index (χ2n) is 7.90. The number of aromatic nitrogens is 2. The summed E-state index contributed by atoms with van der Waals surface area (Å²) < 4.78 is 0.916. The summed E-state index contributed by atoms with van der Waals surface area (Å²) >= 11 is 3.37. The van der Waals surface area contributed by atoms with Crippen molar-refractivity contribution in [3.05, 3.63) is 76.0 Å². The number of amides is 2. The minimum absolute atomic E-state index is 0.0498. The average Bonchev–Trinajstić information content (AvgIpc) is 2.84. The van der Waals surface area contributed by atoms with E-state index in [9.17, 15) is 9.59 Å². The number of carbonyl (C=O) groups is 2. The third-order valence-electron chi connectivity index (χ3n) is 5.43. The maximum absolute atomic E-state index is 12.7. The number of carbonyl (C=O) groups excluding carboxylic acids is 2. The lowest BCUT2D eigenvalue weighted by atomic mass is 10.1. The van der Waals surface area contributed by atoms with Gasteiger partial charge in [0.1, 0.15) is 0 Å². The van der Waals surface area contributed by atoms with Gasteiger partial charge in [-0.1, -0.05) is 34.1 Å². The molecule has 4 rings (SSSR count). The molecule has 3 aromatic rings. The first kappa shape index (κ1) is 22.9. The largest absolute Gasteiger partial charge is 0.382 e. The topological polar surface area (TPSA) is 122 Å². The van der Waals surface area contributed by atoms with Gasteiger partial charge in [-0.05, 0) is 55.3 Å². The first-order chi connectivity index (χ1) is 16.0. The number of hydrogen-bond donors (Lipinski definition) is 4. The summed E-state index contributed by atoms with van der Waals surface area (Å²) in [7, 11) is 0. The maximum atomic E-state index is 12.7. The van der Waals surface area contributed by atoms with Crippen LogP contribution >= 0.6 is 15.9 Å². The molecule has 1 aromatic heterocycles. The molecule has 1 aliphatic heterocycles. The highest BCUT2D eigenvalue weighted by molar-refractivity contribution is 9.10. The highest BCUT2D eigenvalue weighted by atomic mass is 79.9. The van der Waals surface area contributed by atoms with Crippen LogP contribution in [0, 0.1) is 0 Å². The van der Waals surface area contributed by atoms with Crippen molar-refractivity contribution < 1.29 is 9.59 Å². The van der Waals surface area contributed by atoms with Gasteiger partial charge in [-0.3, -0.25) is 9.59 Å². The van der Waals surface area contributed by atoms with Gasteiger partial charge in [-0.15, -0.1) is 0 Å². The molecule has 0 bridgehead atoms. The quantitative estimate of drug-likeness (QED) is 0.406. The van der Waals surface area contributed by atoms with Crippen LogP contribution in [0.1, 0.15) is 39.3 Å². The molecule has 0 spiro atoms. The minimum Gasteiger partial charge on any atom is -0.382 e. The third kappa shape index (κ3) is 5.94. The molecular weight excluding hydrogens is 484 g/mol. The Morgan fingerprint density at radius 1 is 1.15 bits per heavy atom. The smallest absolute Gasteiger partial charge is 0.274 e. The van der Waals surface area contributed by atoms with Crippen molar-refractivity contribution in [1.29, 1.82) is 0 Å². The van der Waals surface area contributed by atoms with Crippen LogP contribution in [-0.2, 0) is 6.54 Å². The van der Waals surface area contributed by atoms with Crippen LogP contribution in [0.4, 0.5) is 5.82 Å². The first-order valence-corrected chi connectivity index (χ1v) is 11.6. The molecule has 2 amide bonds. The molecule has 1 atom stereocenters. The van der Waals surface area contributed by atoms with Gasteiger partial charge in [0.05, 0.1) is 11.9 Å². The zero-order valence-corrected chi connectivity index (χ0v) is 19.6. The second-order valence-corrected chi connectivity index (χ2v) is 8.81. The van der Waals surface area contributed by atoms with E-state index in [1.165, 1.54) is 0 Å². The predicted octanol–water partition coefficient (Wildman–Crippen LogP) is 2.90. The zero-order valence-electron chi connectivity index (χ0n) is 18.0. The van der Waals surface area contributed by atoms with Gasteiger partial charge >= 0.3 is 0 Å². The lowest BCUT2D eigenvalue weighted by Crippen LogP contribution is -2.46. The SMILES string of the molecule is Nc1ncc(-c2cccc(CNC(=O)c3ccc(Br)cc3)c2)nc1C(=O)NC1CCCNC1. The van der Waals surface area contributed by atoms with Crippen molar-refractivity contribution in [1.82, 2.24) is 25.9 Å². The van der Waals surface area contributed by atoms with Crippen molar-refractivity contribution >= 4 is 33.6 Å². The van der Waals surface area contributed by atoms with Crippen LogP contribution in [-0.4, -0.2) is 40.9 Å². The zero-order chi connectivity index (χ0) is 23.2. The Morgan fingerprint density at radius 2 is 1.97 bits per heavy atom. The highest BCUT2D eigenvalue weighted by Crippen LogP contribution is 2.20. The number of halogens is 1. The standard InChI is InChI=1S/C24H25BrN6O2/c25-18-8-6-16(7-9-18)23(32)29-12-15-3-1-4-17(11-15)20-14-28-22(26)21(31-20)24(33)30-19-5-2-10-27-13-19/h1,3-4,6-9,11,14,19,27H,2,5,10,12-13H2,(H2,26,28)(H,29,32)(H,30,33). The molecule has 9 heteroatoms. The van der Waals surface area contributed by atoms with Crippen molar-refractivity contribution in [2.24, 2.45) is 0 Å². The number of nitrogens with one attached hydrogen (secondary N) is 3. The third-order valence-corrected chi connectivity index (χ3v) is 5.96. The van der Waals surface area contributed by atoms with E-state index in [-0.39, 0.29) is 29.4 Å². The minimum atomic E-state index is -0.325. The number of hydrogen-bond acceptors (Lipinski definition) is 6. The van der Waals surface area contributed by atoms with Gasteiger partial charge in [-0.25, -0.2) is 9.97 Å². The van der Waals surface area contributed by atoms with Gasteiger partial charge < -0.3 is 21.7 Å². The van der Waals surface area contributed by atoms with Gasteiger partial charge in [0, 0.05) is 34.7 Å². The number of anilines is 1. The van der Waals surface area contributed by atoms with E-state index in [0.29, 0.717) is 17.8 Å². The lowest BCUT2D eigenvalue weighted by molar-refractivity contribution is 0.0924. The molecule has 0 radical (unpaired) electrons. The van der Waals surface area contributed by atoms with Gasteiger partial charge in [-0.2, -0.15) is 0 Å². The summed E-state index contributed by atoms with van der Waals surface area (Å²) in [4.78, 5) is 33.8. The Kier molecular flexibility index (Phi) is 7.31. The van der Waals surface area contributed by atoms with Gasteiger partial charge in [0.2, 0.25) is 0 Å². The molecule has 1 fully saturated rings. The van der Waals surface area contributed by atoms with E-state index in [1.807, 2.05) is 36.4 Å². The molecule has 1 saturated heterocycles. The van der Waals surface area contributed by atoms with E-state index < -0.39 is 0 Å². The lowest BCUT2D eigenvalue weighted by Gasteiger charge is -2.23. The van der Waals surface area contributed by atoms with Gasteiger partial charge in [0.15, 0.2) is 11.5 Å². The van der Waals surface area contributed by atoms with Crippen LogP contribution in [0.15, 0.2) is 59.2 Å². The Balaban J connectivity index is 1.46. The molecule has 5 N–H and O–H groups in total. The van der Waals surface area contributed by atoms with E-state index >= 15 is 0 Å². The molecular formula is C24H25BrN6O2. The number of benzene rings is 2. The second kappa shape index (κ2) is 10.5. The summed E-state index contributed by atoms with van der Waals surface area (Å²) in [5.41, 5.74) is 8.87. The molecule has 2 heterocycles. The molecule has 1 unspecified atom stereocenters. The fourth-order valence-electron chi connectivity index (χ4n) is 3.66. The molecule has 33 heavy (non-hydrogen) atoms. The summed E-state index contributed by atoms with van der Waals surface area (Å²) in [6.45, 7) is 2.05. The summed E-state index contributed by atoms with van der Waals surface area (Å²) in [5, 5.41) is 9.17. The summed E-state index contributed by atoms with van der Waals surface area (Å²) in [6.07, 6.45) is 3.48. The average molecular weight is 509 g/mol. The molecule has 8 nitrogen and oxygen atoms in total. The van der Waals surface area contributed by atoms with E-state index in [0.717, 1.165) is 41.5 Å². The van der Waals surface area contributed by atoms with Crippen LogP contribution in [0.5, 0.6) is 0 Å². The molecule has 170 valence electrons. The van der Waals surface area contributed by atoms with Crippen LogP contribution in [0.25, 0.3) is 11.3 Å². The van der Waals surface area contributed by atoms with Crippen LogP contribution < -0.4 is 21.7 Å². The summed E-state index contributed by atoms with van der Waals surface area (Å²) in [6, 6.07) is 14.8. The van der Waals surface area contributed by atoms with Crippen LogP contribution in [0.3, 0.4) is 0 Å². The number of nitrogens with two attached hydrogens (primary N) is 1. The Morgan fingerprint density at radius 3 is 2.73 bits per heavy atom. The van der Waals surface area contributed by atoms with E-state index in [4.69, 9.17) is 5.73 Å². The Labute approximate surface area is 200 Å². The van der Waals surface area contributed by atoms with Crippen molar-refractivity contribution in [3.63, 3.8) is 0 Å². The van der Waals surface area contributed by atoms with Gasteiger partial charge in [0.25, 0.3) is 11.8 Å². The molecule has 0 aliphatic carbocycles. The molecule has 0 saturated carbocycles. The molecule has 1 aliphatic rings. The van der Waals surface area contributed by atoms with Crippen LogP contribution in [0.2, 0.25) is 0 Å². The van der Waals surface area contributed by atoms with E-state index in [1.54, 1.807) is 18.3 Å². The number of rotatable bonds is 6. The Hall–Kier alpha value is -3.30. The normalized spacial score (nSPS) is 15.6.